The van der Waals surface area contributed by atoms with E-state index >= 15 is 0 Å². The first-order valence-corrected chi connectivity index (χ1v) is 8.27. The maximum absolute atomic E-state index is 2.37. The number of hydrogen-bond donors (Lipinski definition) is 0. The van der Waals surface area contributed by atoms with E-state index in [9.17, 15) is 0 Å². The minimum atomic E-state index is 0. The summed E-state index contributed by atoms with van der Waals surface area (Å²) in [6, 6.07) is 0. The van der Waals surface area contributed by atoms with Crippen LogP contribution in [-0.2, 0) is 13.6 Å². The first kappa shape index (κ1) is 22.9. The second-order valence-corrected chi connectivity index (χ2v) is 5.83. The molecule has 1 rings (SSSR count). The third kappa shape index (κ3) is 10.1. The van der Waals surface area contributed by atoms with Gasteiger partial charge in [-0.15, -0.1) is 0 Å². The van der Waals surface area contributed by atoms with Gasteiger partial charge in [0, 0.05) is 6.92 Å². The Morgan fingerprint density at radius 1 is 0.905 bits per heavy atom. The molecule has 4 heteroatoms. The molecule has 3 nitrogen and oxygen atoms in total. The largest absolute Gasteiger partial charge is 1.00 e. The number of nitrogens with zero attached hydrogens (tertiary/aromatic N) is 2. The van der Waals surface area contributed by atoms with Crippen LogP contribution in [0.4, 0.5) is 0 Å². The minimum Gasteiger partial charge on any atom is -1.00 e. The Kier molecular flexibility index (Phi) is 15.9. The average Bonchev–Trinajstić information content (AvgIpc) is 2.73. The van der Waals surface area contributed by atoms with Crippen molar-refractivity contribution >= 4 is 0 Å². The van der Waals surface area contributed by atoms with Crippen LogP contribution >= 0.6 is 0 Å². The molecule has 0 saturated carbocycles. The summed E-state index contributed by atoms with van der Waals surface area (Å²) in [6.07, 6.45) is 18.5. The molecule has 2 N–H and O–H groups in total. The van der Waals surface area contributed by atoms with Gasteiger partial charge in [-0.25, -0.2) is 9.13 Å². The quantitative estimate of drug-likeness (QED) is 0.411. The first-order chi connectivity index (χ1) is 9.25. The summed E-state index contributed by atoms with van der Waals surface area (Å²) in [5.41, 5.74) is 0. The third-order valence-electron chi connectivity index (χ3n) is 4.15. The van der Waals surface area contributed by atoms with Gasteiger partial charge in [0.15, 0.2) is 0 Å². The molecule has 0 radical (unpaired) electrons. The molecular formula is C17H35BrN2O. The van der Waals surface area contributed by atoms with Gasteiger partial charge in [-0.1, -0.05) is 58.3 Å². The van der Waals surface area contributed by atoms with E-state index in [1.54, 1.807) is 0 Å². The Hall–Kier alpha value is -0.350. The zero-order valence-electron chi connectivity index (χ0n) is 14.2. The predicted octanol–water partition coefficient (Wildman–Crippen LogP) is 0.721. The second-order valence-electron chi connectivity index (χ2n) is 5.83. The van der Waals surface area contributed by atoms with Crippen LogP contribution < -0.4 is 21.5 Å². The topological polar surface area (TPSA) is 40.3 Å². The van der Waals surface area contributed by atoms with Gasteiger partial charge in [-0.2, -0.15) is 0 Å². The summed E-state index contributed by atoms with van der Waals surface area (Å²) in [4.78, 5) is 0. The zero-order valence-corrected chi connectivity index (χ0v) is 15.8. The highest BCUT2D eigenvalue weighted by Gasteiger charge is 2.07. The summed E-state index contributed by atoms with van der Waals surface area (Å²) in [5.74, 6) is 1.36. The summed E-state index contributed by atoms with van der Waals surface area (Å²) < 4.78 is 4.56. The van der Waals surface area contributed by atoms with Crippen LogP contribution in [0, 0.1) is 6.92 Å². The molecule has 1 aromatic rings. The van der Waals surface area contributed by atoms with E-state index in [1.165, 1.54) is 76.6 Å². The second kappa shape index (κ2) is 14.6. The van der Waals surface area contributed by atoms with Crippen molar-refractivity contribution in [1.82, 2.24) is 4.57 Å². The fourth-order valence-electron chi connectivity index (χ4n) is 2.60. The summed E-state index contributed by atoms with van der Waals surface area (Å²) >= 11 is 0. The smallest absolute Gasteiger partial charge is 0.253 e. The van der Waals surface area contributed by atoms with Crippen molar-refractivity contribution in [2.75, 3.05) is 0 Å². The monoisotopic (exact) mass is 362 g/mol. The Bertz CT molecular complexity index is 340. The van der Waals surface area contributed by atoms with Gasteiger partial charge in [0.25, 0.3) is 5.82 Å². The van der Waals surface area contributed by atoms with E-state index in [0.29, 0.717) is 0 Å². The van der Waals surface area contributed by atoms with Gasteiger partial charge in [0.1, 0.15) is 12.4 Å². The molecule has 0 aromatic carbocycles. The summed E-state index contributed by atoms with van der Waals surface area (Å²) in [6.45, 7) is 5.66. The van der Waals surface area contributed by atoms with Crippen LogP contribution in [0.25, 0.3) is 0 Å². The Morgan fingerprint density at radius 3 is 1.81 bits per heavy atom. The van der Waals surface area contributed by atoms with Crippen LogP contribution in [0.5, 0.6) is 0 Å². The number of halogens is 1. The number of imidazole rings is 1. The van der Waals surface area contributed by atoms with Crippen molar-refractivity contribution in [3.05, 3.63) is 18.2 Å². The van der Waals surface area contributed by atoms with Crippen molar-refractivity contribution in [3.8, 4) is 0 Å². The average molecular weight is 363 g/mol. The van der Waals surface area contributed by atoms with E-state index in [0.717, 1.165) is 0 Å². The molecular weight excluding hydrogens is 328 g/mol. The van der Waals surface area contributed by atoms with Crippen molar-refractivity contribution < 1.29 is 27.0 Å². The molecule has 0 unspecified atom stereocenters. The van der Waals surface area contributed by atoms with Crippen LogP contribution in [-0.4, -0.2) is 10.0 Å². The molecule has 0 aliphatic heterocycles. The lowest BCUT2D eigenvalue weighted by atomic mass is 10.1. The third-order valence-corrected chi connectivity index (χ3v) is 4.15. The number of rotatable bonds is 11. The fourth-order valence-corrected chi connectivity index (χ4v) is 2.60. The fraction of sp³-hybridized carbons (Fsp3) is 0.824. The highest BCUT2D eigenvalue weighted by molar-refractivity contribution is 4.78. The van der Waals surface area contributed by atoms with E-state index in [4.69, 9.17) is 0 Å². The maximum atomic E-state index is 2.37. The molecule has 0 aliphatic carbocycles. The van der Waals surface area contributed by atoms with E-state index in [1.807, 2.05) is 0 Å². The Balaban J connectivity index is 0. The normalized spacial score (nSPS) is 10.0. The molecule has 21 heavy (non-hydrogen) atoms. The van der Waals surface area contributed by atoms with Crippen molar-refractivity contribution in [1.29, 1.82) is 0 Å². The van der Waals surface area contributed by atoms with E-state index in [2.05, 4.69) is 42.4 Å². The Morgan fingerprint density at radius 2 is 1.38 bits per heavy atom. The van der Waals surface area contributed by atoms with Gasteiger partial charge in [0.2, 0.25) is 0 Å². The molecule has 0 bridgehead atoms. The minimum absolute atomic E-state index is 0. The van der Waals surface area contributed by atoms with Crippen molar-refractivity contribution in [2.45, 2.75) is 84.6 Å². The first-order valence-electron chi connectivity index (χ1n) is 8.27. The molecule has 0 spiro atoms. The van der Waals surface area contributed by atoms with Gasteiger partial charge in [-0.05, 0) is 12.8 Å². The van der Waals surface area contributed by atoms with E-state index < -0.39 is 0 Å². The Labute approximate surface area is 141 Å². The number of hydrogen-bond acceptors (Lipinski definition) is 0. The lowest BCUT2D eigenvalue weighted by Gasteiger charge is -2.02. The predicted molar refractivity (Wildman–Crippen MR) is 85.8 cm³/mol. The maximum Gasteiger partial charge on any atom is 0.253 e. The summed E-state index contributed by atoms with van der Waals surface area (Å²) in [5, 5.41) is 0. The van der Waals surface area contributed by atoms with Gasteiger partial charge < -0.3 is 22.5 Å². The molecule has 0 fully saturated rings. The van der Waals surface area contributed by atoms with Gasteiger partial charge >= 0.3 is 0 Å². The van der Waals surface area contributed by atoms with E-state index in [-0.39, 0.29) is 22.5 Å². The number of aromatic nitrogens is 2. The molecule has 0 atom stereocenters. The van der Waals surface area contributed by atoms with Gasteiger partial charge in [-0.3, -0.25) is 0 Å². The van der Waals surface area contributed by atoms with Crippen molar-refractivity contribution in [3.63, 3.8) is 0 Å². The highest BCUT2D eigenvalue weighted by Crippen LogP contribution is 2.11. The molecule has 1 heterocycles. The highest BCUT2D eigenvalue weighted by atomic mass is 79.9. The molecule has 0 amide bonds. The number of unbranched alkanes of at least 4 members (excludes halogenated alkanes) is 9. The zero-order chi connectivity index (χ0) is 13.9. The number of aryl methyl sites for hydroxylation is 2. The molecule has 1 aromatic heterocycles. The lowest BCUT2D eigenvalue weighted by Crippen LogP contribution is -3.00. The van der Waals surface area contributed by atoms with Gasteiger partial charge in [0.05, 0.1) is 13.6 Å². The van der Waals surface area contributed by atoms with Crippen molar-refractivity contribution in [2.24, 2.45) is 7.05 Å². The summed E-state index contributed by atoms with van der Waals surface area (Å²) in [7, 11) is 2.12. The molecule has 126 valence electrons. The SMILES string of the molecule is CCCCCCCCCCCCn1cc[n+](C)c1C.O.[Br-]. The van der Waals surface area contributed by atoms with Crippen LogP contribution in [0.3, 0.4) is 0 Å². The molecule has 0 aliphatic rings. The standard InChI is InChI=1S/C17H33N2.BrH.H2O/c1-4-5-6-7-8-9-10-11-12-13-14-19-16-15-18(3)17(19)2;;/h15-16H,4-14H2,1-3H3;1H;1H2/q+1;;/p-1. The van der Waals surface area contributed by atoms with Crippen LogP contribution in [0.15, 0.2) is 12.4 Å². The molecule has 0 saturated heterocycles. The lowest BCUT2D eigenvalue weighted by molar-refractivity contribution is -0.677. The van der Waals surface area contributed by atoms with Crippen LogP contribution in [0.2, 0.25) is 0 Å². The van der Waals surface area contributed by atoms with Crippen LogP contribution in [0.1, 0.15) is 77.0 Å².